The van der Waals surface area contributed by atoms with Crippen LogP contribution in [0.15, 0.2) is 0 Å². The molecule has 2 heteroatoms. The van der Waals surface area contributed by atoms with Crippen LogP contribution < -0.4 is 0 Å². The van der Waals surface area contributed by atoms with E-state index >= 15 is 0 Å². The molecule has 66 valence electrons. The Morgan fingerprint density at radius 3 is 2.58 bits per heavy atom. The van der Waals surface area contributed by atoms with Crippen LogP contribution in [-0.2, 0) is 4.79 Å². The molecular weight excluding hydrogens is 152 g/mol. The van der Waals surface area contributed by atoms with Crippen LogP contribution in [0.25, 0.3) is 0 Å². The molecule has 2 bridgehead atoms. The van der Waals surface area contributed by atoms with Crippen molar-refractivity contribution in [3.63, 3.8) is 0 Å². The van der Waals surface area contributed by atoms with Gasteiger partial charge in [-0.05, 0) is 49.4 Å². The molecule has 0 aromatic heterocycles. The molecule has 0 radical (unpaired) electrons. The predicted molar refractivity (Wildman–Crippen MR) is 43.6 cm³/mol. The largest absolute Gasteiger partial charge is 0.481 e. The van der Waals surface area contributed by atoms with Gasteiger partial charge in [-0.15, -0.1) is 0 Å². The zero-order valence-electron chi connectivity index (χ0n) is 7.07. The molecule has 12 heavy (non-hydrogen) atoms. The molecule has 1 N–H and O–H groups in total. The normalized spacial score (nSPS) is 54.8. The lowest BCUT2D eigenvalue weighted by molar-refractivity contribution is -0.147. The first kappa shape index (κ1) is 6.93. The van der Waals surface area contributed by atoms with Gasteiger partial charge in [-0.1, -0.05) is 0 Å². The zero-order chi connectivity index (χ0) is 8.29. The van der Waals surface area contributed by atoms with Crippen LogP contribution in [-0.4, -0.2) is 11.1 Å². The van der Waals surface area contributed by atoms with Crippen molar-refractivity contribution in [3.05, 3.63) is 0 Å². The van der Waals surface area contributed by atoms with Crippen molar-refractivity contribution in [2.75, 3.05) is 0 Å². The smallest absolute Gasteiger partial charge is 0.306 e. The molecule has 5 atom stereocenters. The SMILES string of the molecule is O=C(O)C1CC2CCC1C1CC21. The highest BCUT2D eigenvalue weighted by atomic mass is 16.4. The molecule has 5 unspecified atom stereocenters. The van der Waals surface area contributed by atoms with Crippen LogP contribution >= 0.6 is 0 Å². The second-order valence-electron chi connectivity index (χ2n) is 4.75. The molecule has 2 nitrogen and oxygen atoms in total. The Bertz CT molecular complexity index is 236. The van der Waals surface area contributed by atoms with Crippen LogP contribution in [0.2, 0.25) is 0 Å². The highest BCUT2D eigenvalue weighted by Gasteiger charge is 2.58. The number of fused-ring (bicyclic) bond motifs is 2. The van der Waals surface area contributed by atoms with E-state index in [1.807, 2.05) is 0 Å². The first-order chi connectivity index (χ1) is 5.77. The van der Waals surface area contributed by atoms with Gasteiger partial charge in [0.2, 0.25) is 0 Å². The number of carboxylic acid groups (broad SMARTS) is 1. The van der Waals surface area contributed by atoms with Gasteiger partial charge in [0.25, 0.3) is 0 Å². The minimum Gasteiger partial charge on any atom is -0.481 e. The van der Waals surface area contributed by atoms with Gasteiger partial charge in [0, 0.05) is 0 Å². The van der Waals surface area contributed by atoms with Crippen molar-refractivity contribution < 1.29 is 9.90 Å². The standard InChI is InChI=1S/C10H14O2/c11-10(12)9-3-5-1-2-6(9)8-4-7(5)8/h5-9H,1-4H2,(H,11,12). The summed E-state index contributed by atoms with van der Waals surface area (Å²) >= 11 is 0. The molecule has 0 aromatic rings. The molecule has 4 aliphatic carbocycles. The minimum absolute atomic E-state index is 0.0208. The maximum atomic E-state index is 10.9. The summed E-state index contributed by atoms with van der Waals surface area (Å²) in [4.78, 5) is 10.9. The Morgan fingerprint density at radius 1 is 1.08 bits per heavy atom. The first-order valence-corrected chi connectivity index (χ1v) is 5.00. The molecule has 4 fully saturated rings. The Morgan fingerprint density at radius 2 is 1.92 bits per heavy atom. The molecule has 0 amide bonds. The third-order valence-corrected chi connectivity index (χ3v) is 4.31. The van der Waals surface area contributed by atoms with E-state index in [4.69, 9.17) is 5.11 Å². The topological polar surface area (TPSA) is 37.3 Å². The summed E-state index contributed by atoms with van der Waals surface area (Å²) in [6.45, 7) is 0. The van der Waals surface area contributed by atoms with Gasteiger partial charge in [-0.2, -0.15) is 0 Å². The Balaban J connectivity index is 1.87. The summed E-state index contributed by atoms with van der Waals surface area (Å²) in [6.07, 6.45) is 4.85. The quantitative estimate of drug-likeness (QED) is 0.644. The number of rotatable bonds is 1. The van der Waals surface area contributed by atoms with Crippen LogP contribution in [0.3, 0.4) is 0 Å². The van der Waals surface area contributed by atoms with E-state index in [9.17, 15) is 4.79 Å². The maximum Gasteiger partial charge on any atom is 0.306 e. The molecule has 4 saturated carbocycles. The summed E-state index contributed by atoms with van der Waals surface area (Å²) in [5.74, 6) is 2.58. The van der Waals surface area contributed by atoms with Crippen LogP contribution in [0.4, 0.5) is 0 Å². The van der Waals surface area contributed by atoms with Crippen molar-refractivity contribution in [1.82, 2.24) is 0 Å². The van der Waals surface area contributed by atoms with Crippen LogP contribution in [0.1, 0.15) is 25.7 Å². The maximum absolute atomic E-state index is 10.9. The zero-order valence-corrected chi connectivity index (χ0v) is 7.07. The van der Waals surface area contributed by atoms with Crippen LogP contribution in [0, 0.1) is 29.6 Å². The molecule has 4 rings (SSSR count). The average molecular weight is 166 g/mol. The fourth-order valence-electron chi connectivity index (χ4n) is 3.68. The fraction of sp³-hybridized carbons (Fsp3) is 0.900. The number of carboxylic acids is 1. The highest BCUT2D eigenvalue weighted by Crippen LogP contribution is 2.64. The molecule has 0 aliphatic heterocycles. The third kappa shape index (κ3) is 0.732. The summed E-state index contributed by atoms with van der Waals surface area (Å²) in [7, 11) is 0. The van der Waals surface area contributed by atoms with Crippen molar-refractivity contribution in [1.29, 1.82) is 0 Å². The van der Waals surface area contributed by atoms with E-state index in [1.165, 1.54) is 19.3 Å². The van der Waals surface area contributed by atoms with Gasteiger partial charge in [0.15, 0.2) is 0 Å². The first-order valence-electron chi connectivity index (χ1n) is 5.00. The van der Waals surface area contributed by atoms with E-state index in [-0.39, 0.29) is 5.92 Å². The summed E-state index contributed by atoms with van der Waals surface area (Å²) in [5, 5.41) is 9.00. The van der Waals surface area contributed by atoms with E-state index in [1.54, 1.807) is 0 Å². The lowest BCUT2D eigenvalue weighted by Crippen LogP contribution is -2.37. The predicted octanol–water partition coefficient (Wildman–Crippen LogP) is 1.75. The Labute approximate surface area is 72.0 Å². The third-order valence-electron chi connectivity index (χ3n) is 4.31. The Kier molecular flexibility index (Phi) is 1.18. The van der Waals surface area contributed by atoms with Gasteiger partial charge in [-0.3, -0.25) is 4.79 Å². The lowest BCUT2D eigenvalue weighted by atomic mass is 9.65. The van der Waals surface area contributed by atoms with Crippen molar-refractivity contribution in [3.8, 4) is 0 Å². The summed E-state index contributed by atoms with van der Waals surface area (Å²) in [5.41, 5.74) is 0. The number of carbonyl (C=O) groups is 1. The van der Waals surface area contributed by atoms with Gasteiger partial charge in [0.1, 0.15) is 0 Å². The monoisotopic (exact) mass is 166 g/mol. The highest BCUT2D eigenvalue weighted by molar-refractivity contribution is 5.71. The van der Waals surface area contributed by atoms with E-state index in [0.29, 0.717) is 5.92 Å². The fourth-order valence-corrected chi connectivity index (χ4v) is 3.68. The number of aliphatic carboxylic acids is 1. The van der Waals surface area contributed by atoms with Crippen molar-refractivity contribution in [2.45, 2.75) is 25.7 Å². The number of hydrogen-bond donors (Lipinski definition) is 1. The van der Waals surface area contributed by atoms with E-state index < -0.39 is 5.97 Å². The Hall–Kier alpha value is -0.530. The number of hydrogen-bond acceptors (Lipinski definition) is 1. The molecule has 0 aromatic carbocycles. The molecule has 0 spiro atoms. The minimum atomic E-state index is -0.532. The van der Waals surface area contributed by atoms with Crippen LogP contribution in [0.5, 0.6) is 0 Å². The van der Waals surface area contributed by atoms with E-state index in [0.717, 1.165) is 24.2 Å². The molecule has 4 aliphatic rings. The second kappa shape index (κ2) is 2.04. The summed E-state index contributed by atoms with van der Waals surface area (Å²) in [6, 6.07) is 0. The van der Waals surface area contributed by atoms with Gasteiger partial charge in [-0.25, -0.2) is 0 Å². The van der Waals surface area contributed by atoms with Crippen molar-refractivity contribution >= 4 is 5.97 Å². The van der Waals surface area contributed by atoms with Gasteiger partial charge in [0.05, 0.1) is 5.92 Å². The summed E-state index contributed by atoms with van der Waals surface area (Å²) < 4.78 is 0. The average Bonchev–Trinajstić information content (AvgIpc) is 2.84. The van der Waals surface area contributed by atoms with Crippen molar-refractivity contribution in [2.24, 2.45) is 29.6 Å². The van der Waals surface area contributed by atoms with Gasteiger partial charge >= 0.3 is 5.97 Å². The molecule has 0 heterocycles. The van der Waals surface area contributed by atoms with Gasteiger partial charge < -0.3 is 5.11 Å². The van der Waals surface area contributed by atoms with E-state index in [2.05, 4.69) is 0 Å². The second-order valence-corrected chi connectivity index (χ2v) is 4.75. The molecular formula is C10H14O2. The lowest BCUT2D eigenvalue weighted by Gasteiger charge is -2.39. The molecule has 0 saturated heterocycles.